The first-order valence-corrected chi connectivity index (χ1v) is 8.51. The molecule has 2 aromatic rings. The van der Waals surface area contributed by atoms with Gasteiger partial charge in [0.25, 0.3) is 0 Å². The first-order valence-electron chi connectivity index (χ1n) is 6.99. The van der Waals surface area contributed by atoms with E-state index in [9.17, 15) is 0 Å². The fraction of sp³-hybridized carbons (Fsp3) is 0.533. The number of hydrogen-bond donors (Lipinski definition) is 0. The molecule has 3 unspecified atom stereocenters. The van der Waals surface area contributed by atoms with Crippen LogP contribution < -0.4 is 0 Å². The molecule has 5 heteroatoms. The van der Waals surface area contributed by atoms with Gasteiger partial charge in [-0.2, -0.15) is 0 Å². The van der Waals surface area contributed by atoms with Crippen molar-refractivity contribution in [2.45, 2.75) is 44.2 Å². The predicted molar refractivity (Wildman–Crippen MR) is 90.4 cm³/mol. The van der Waals surface area contributed by atoms with E-state index in [4.69, 9.17) is 21.3 Å². The van der Waals surface area contributed by atoms with Crippen LogP contribution in [0.2, 0.25) is 0 Å². The van der Waals surface area contributed by atoms with Crippen molar-refractivity contribution in [3.63, 3.8) is 0 Å². The molecule has 2 heterocycles. The predicted octanol–water partition coefficient (Wildman–Crippen LogP) is 4.68. The van der Waals surface area contributed by atoms with E-state index in [0.29, 0.717) is 12.1 Å². The zero-order chi connectivity index (χ0) is 14.3. The highest BCUT2D eigenvalue weighted by molar-refractivity contribution is 14.1. The smallest absolute Gasteiger partial charge is 0.127 e. The second-order valence-electron chi connectivity index (χ2n) is 5.45. The fourth-order valence-corrected chi connectivity index (χ4v) is 3.59. The summed E-state index contributed by atoms with van der Waals surface area (Å²) in [6, 6.07) is 6.84. The second kappa shape index (κ2) is 5.81. The number of rotatable bonds is 2. The summed E-state index contributed by atoms with van der Waals surface area (Å²) >= 11 is 8.68. The molecule has 3 nitrogen and oxygen atoms in total. The van der Waals surface area contributed by atoms with Gasteiger partial charge in [-0.1, -0.05) is 0 Å². The molecule has 20 heavy (non-hydrogen) atoms. The normalized spacial score (nSPS) is 25.0. The van der Waals surface area contributed by atoms with Gasteiger partial charge in [0.15, 0.2) is 0 Å². The molecule has 3 rings (SSSR count). The molecule has 1 aromatic carbocycles. The zero-order valence-electron chi connectivity index (χ0n) is 11.6. The number of imidazole rings is 1. The molecule has 1 aromatic heterocycles. The van der Waals surface area contributed by atoms with E-state index in [1.807, 2.05) is 6.92 Å². The van der Waals surface area contributed by atoms with Gasteiger partial charge >= 0.3 is 0 Å². The van der Waals surface area contributed by atoms with E-state index in [1.165, 1.54) is 9.09 Å². The summed E-state index contributed by atoms with van der Waals surface area (Å²) in [6.07, 6.45) is 2.35. The van der Waals surface area contributed by atoms with Crippen LogP contribution in [0.5, 0.6) is 0 Å². The van der Waals surface area contributed by atoms with Crippen molar-refractivity contribution in [1.29, 1.82) is 0 Å². The van der Waals surface area contributed by atoms with Crippen molar-refractivity contribution >= 4 is 45.2 Å². The van der Waals surface area contributed by atoms with Crippen molar-refractivity contribution in [3.8, 4) is 0 Å². The summed E-state index contributed by atoms with van der Waals surface area (Å²) < 4.78 is 9.21. The molecule has 1 saturated heterocycles. The molecule has 0 bridgehead atoms. The second-order valence-corrected chi connectivity index (χ2v) is 7.35. The molecular formula is C15H18ClIN2O. The fourth-order valence-electron chi connectivity index (χ4n) is 2.96. The monoisotopic (exact) mass is 404 g/mol. The van der Waals surface area contributed by atoms with Crippen LogP contribution in [0.3, 0.4) is 0 Å². The van der Waals surface area contributed by atoms with Gasteiger partial charge in [-0.05, 0) is 67.5 Å². The number of ether oxygens (including phenoxy) is 1. The average Bonchev–Trinajstić information content (AvgIpc) is 2.77. The number of fused-ring (bicyclic) bond motifs is 1. The van der Waals surface area contributed by atoms with E-state index >= 15 is 0 Å². The third kappa shape index (κ3) is 2.70. The summed E-state index contributed by atoms with van der Waals surface area (Å²) in [5.74, 6) is 0.975. The van der Waals surface area contributed by atoms with Gasteiger partial charge in [0.05, 0.1) is 22.5 Å². The third-order valence-electron chi connectivity index (χ3n) is 3.86. The number of benzene rings is 1. The molecule has 1 aliphatic heterocycles. The number of aromatic nitrogens is 2. The largest absolute Gasteiger partial charge is 0.378 e. The quantitative estimate of drug-likeness (QED) is 0.537. The van der Waals surface area contributed by atoms with Gasteiger partial charge < -0.3 is 9.30 Å². The Labute approximate surface area is 137 Å². The van der Waals surface area contributed by atoms with Crippen LogP contribution in [0, 0.1) is 3.57 Å². The lowest BCUT2D eigenvalue weighted by atomic mass is 10.0. The van der Waals surface area contributed by atoms with Crippen molar-refractivity contribution in [2.75, 3.05) is 6.61 Å². The van der Waals surface area contributed by atoms with Crippen molar-refractivity contribution in [2.24, 2.45) is 0 Å². The van der Waals surface area contributed by atoms with Crippen molar-refractivity contribution in [1.82, 2.24) is 9.55 Å². The molecule has 0 saturated carbocycles. The maximum absolute atomic E-state index is 6.36. The Hall–Kier alpha value is -0.330. The lowest BCUT2D eigenvalue weighted by Gasteiger charge is -2.30. The van der Waals surface area contributed by atoms with Crippen LogP contribution in [-0.2, 0) is 4.74 Å². The van der Waals surface area contributed by atoms with E-state index in [2.05, 4.69) is 52.3 Å². The highest BCUT2D eigenvalue weighted by atomic mass is 127. The summed E-state index contributed by atoms with van der Waals surface area (Å²) in [5, 5.41) is -0.0850. The minimum atomic E-state index is -0.0850. The maximum Gasteiger partial charge on any atom is 0.127 e. The summed E-state index contributed by atoms with van der Waals surface area (Å²) in [4.78, 5) is 4.76. The minimum Gasteiger partial charge on any atom is -0.378 e. The summed E-state index contributed by atoms with van der Waals surface area (Å²) in [5.41, 5.74) is 2.23. The standard InChI is InChI=1S/C15H18ClIN2O/c1-9-7-12(5-6-20-9)19-14-4-3-11(17)8-13(14)18-15(19)10(2)16/h3-4,8-10,12H,5-7H2,1-2H3. The number of alkyl halides is 1. The highest BCUT2D eigenvalue weighted by Gasteiger charge is 2.26. The molecule has 108 valence electrons. The van der Waals surface area contributed by atoms with Crippen LogP contribution in [0.4, 0.5) is 0 Å². The Morgan fingerprint density at radius 2 is 2.30 bits per heavy atom. The van der Waals surface area contributed by atoms with Gasteiger partial charge in [0.1, 0.15) is 5.82 Å². The Kier molecular flexibility index (Phi) is 4.24. The van der Waals surface area contributed by atoms with Crippen LogP contribution in [0.1, 0.15) is 43.9 Å². The SMILES string of the molecule is CC1CC(n2c(C(C)Cl)nc3cc(I)ccc32)CCO1. The highest BCUT2D eigenvalue weighted by Crippen LogP contribution is 2.34. The van der Waals surface area contributed by atoms with E-state index in [1.54, 1.807) is 0 Å². The molecule has 0 spiro atoms. The zero-order valence-corrected chi connectivity index (χ0v) is 14.6. The topological polar surface area (TPSA) is 27.1 Å². The number of halogens is 2. The molecule has 0 aliphatic carbocycles. The third-order valence-corrected chi connectivity index (χ3v) is 4.72. The minimum absolute atomic E-state index is 0.0850. The van der Waals surface area contributed by atoms with Crippen LogP contribution in [0.15, 0.2) is 18.2 Å². The molecule has 3 atom stereocenters. The van der Waals surface area contributed by atoms with E-state index < -0.39 is 0 Å². The number of hydrogen-bond acceptors (Lipinski definition) is 2. The first-order chi connectivity index (χ1) is 9.56. The molecule has 0 N–H and O–H groups in total. The van der Waals surface area contributed by atoms with Crippen LogP contribution >= 0.6 is 34.2 Å². The molecule has 0 radical (unpaired) electrons. The van der Waals surface area contributed by atoms with Crippen molar-refractivity contribution in [3.05, 3.63) is 27.6 Å². The lowest BCUT2D eigenvalue weighted by molar-refractivity contribution is 0.00621. The van der Waals surface area contributed by atoms with Crippen molar-refractivity contribution < 1.29 is 4.74 Å². The summed E-state index contributed by atoms with van der Waals surface area (Å²) in [6.45, 7) is 4.94. The van der Waals surface area contributed by atoms with Crippen LogP contribution in [0.25, 0.3) is 11.0 Å². The Morgan fingerprint density at radius 3 is 3.00 bits per heavy atom. The van der Waals surface area contributed by atoms with Gasteiger partial charge in [0, 0.05) is 16.2 Å². The Balaban J connectivity index is 2.13. The molecule has 1 fully saturated rings. The average molecular weight is 405 g/mol. The maximum atomic E-state index is 6.36. The van der Waals surface area contributed by atoms with Gasteiger partial charge in [-0.3, -0.25) is 0 Å². The van der Waals surface area contributed by atoms with Crippen LogP contribution in [-0.4, -0.2) is 22.3 Å². The van der Waals surface area contributed by atoms with Gasteiger partial charge in [-0.15, -0.1) is 11.6 Å². The Bertz CT molecular complexity index is 626. The molecule has 0 amide bonds. The van der Waals surface area contributed by atoms with Gasteiger partial charge in [-0.25, -0.2) is 4.98 Å². The Morgan fingerprint density at radius 1 is 1.50 bits per heavy atom. The lowest BCUT2D eigenvalue weighted by Crippen LogP contribution is -2.26. The molecule has 1 aliphatic rings. The number of nitrogens with zero attached hydrogens (tertiary/aromatic N) is 2. The van der Waals surface area contributed by atoms with Gasteiger partial charge in [0.2, 0.25) is 0 Å². The molecular weight excluding hydrogens is 387 g/mol. The summed E-state index contributed by atoms with van der Waals surface area (Å²) in [7, 11) is 0. The van der Waals surface area contributed by atoms with E-state index in [0.717, 1.165) is 30.8 Å². The first kappa shape index (κ1) is 14.6. The van der Waals surface area contributed by atoms with E-state index in [-0.39, 0.29) is 5.38 Å².